The summed E-state index contributed by atoms with van der Waals surface area (Å²) in [5, 5.41) is 17.9. The molecule has 0 spiro atoms. The van der Waals surface area contributed by atoms with Crippen LogP contribution in [-0.2, 0) is 0 Å². The second-order valence-corrected chi connectivity index (χ2v) is 4.81. The van der Waals surface area contributed by atoms with Gasteiger partial charge in [0.25, 0.3) is 0 Å². The highest BCUT2D eigenvalue weighted by Crippen LogP contribution is 2.36. The lowest BCUT2D eigenvalue weighted by molar-refractivity contribution is 0.0986. The van der Waals surface area contributed by atoms with Crippen LogP contribution >= 0.6 is 0 Å². The second kappa shape index (κ2) is 3.49. The Kier molecular flexibility index (Phi) is 2.70. The lowest BCUT2D eigenvalue weighted by Crippen LogP contribution is -2.45. The van der Waals surface area contributed by atoms with Crippen molar-refractivity contribution in [1.82, 2.24) is 4.90 Å². The summed E-state index contributed by atoms with van der Waals surface area (Å²) in [4.78, 5) is 12.3. The van der Waals surface area contributed by atoms with E-state index in [1.54, 1.807) is 0 Å². The number of rotatable bonds is 0. The highest BCUT2D eigenvalue weighted by atomic mass is 16.4. The van der Waals surface area contributed by atoms with E-state index < -0.39 is 6.09 Å². The van der Waals surface area contributed by atoms with Crippen LogP contribution in [-0.4, -0.2) is 28.7 Å². The molecule has 2 unspecified atom stereocenters. The number of carbonyl (C=O) groups is 1. The summed E-state index contributed by atoms with van der Waals surface area (Å²) in [5.74, 6) is -0.161. The summed E-state index contributed by atoms with van der Waals surface area (Å²) in [7, 11) is 0. The molecule has 1 saturated heterocycles. The van der Waals surface area contributed by atoms with Gasteiger partial charge in [-0.25, -0.2) is 4.79 Å². The van der Waals surface area contributed by atoms with Crippen LogP contribution in [0.3, 0.4) is 0 Å². The van der Waals surface area contributed by atoms with Gasteiger partial charge in [0.15, 0.2) is 0 Å². The van der Waals surface area contributed by atoms with E-state index in [9.17, 15) is 4.79 Å². The molecule has 1 fully saturated rings. The van der Waals surface area contributed by atoms with E-state index in [1.807, 2.05) is 20.8 Å². The Hall–Kier alpha value is -1.24. The molecule has 1 N–H and O–H groups in total. The van der Waals surface area contributed by atoms with Gasteiger partial charge in [-0.05, 0) is 11.8 Å². The average molecular weight is 196 g/mol. The van der Waals surface area contributed by atoms with Gasteiger partial charge in [-0.1, -0.05) is 20.8 Å². The molecule has 1 aliphatic heterocycles. The monoisotopic (exact) mass is 196 g/mol. The fourth-order valence-electron chi connectivity index (χ4n) is 2.21. The van der Waals surface area contributed by atoms with Crippen LogP contribution < -0.4 is 0 Å². The molecule has 0 aromatic carbocycles. The summed E-state index contributed by atoms with van der Waals surface area (Å²) >= 11 is 0. The van der Waals surface area contributed by atoms with Crippen molar-refractivity contribution in [1.29, 1.82) is 5.26 Å². The van der Waals surface area contributed by atoms with Crippen molar-refractivity contribution < 1.29 is 9.90 Å². The number of hydrogen-bond donors (Lipinski definition) is 1. The van der Waals surface area contributed by atoms with Gasteiger partial charge >= 0.3 is 6.09 Å². The second-order valence-electron chi connectivity index (χ2n) is 4.81. The molecule has 0 aromatic heterocycles. The van der Waals surface area contributed by atoms with Crippen LogP contribution in [0.4, 0.5) is 4.79 Å². The van der Waals surface area contributed by atoms with Gasteiger partial charge in [0.1, 0.15) is 0 Å². The minimum absolute atomic E-state index is 0.161. The van der Waals surface area contributed by atoms with E-state index >= 15 is 0 Å². The van der Waals surface area contributed by atoms with Crippen molar-refractivity contribution in [2.75, 3.05) is 6.54 Å². The summed E-state index contributed by atoms with van der Waals surface area (Å²) in [6, 6.07) is 2.02. The molecule has 0 aliphatic carbocycles. The van der Waals surface area contributed by atoms with Gasteiger partial charge in [-0.3, -0.25) is 0 Å². The van der Waals surface area contributed by atoms with E-state index in [4.69, 9.17) is 10.4 Å². The maximum absolute atomic E-state index is 10.9. The Morgan fingerprint density at radius 1 is 1.57 bits per heavy atom. The summed E-state index contributed by atoms with van der Waals surface area (Å²) in [5.41, 5.74) is -0.171. The third-order valence-electron chi connectivity index (χ3n) is 2.70. The molecule has 2 atom stereocenters. The fraction of sp³-hybridized carbons (Fsp3) is 0.800. The lowest BCUT2D eigenvalue weighted by Gasteiger charge is -2.34. The van der Waals surface area contributed by atoms with Gasteiger partial charge in [0.2, 0.25) is 0 Å². The third kappa shape index (κ3) is 1.82. The Morgan fingerprint density at radius 3 is 2.50 bits per heavy atom. The van der Waals surface area contributed by atoms with Gasteiger partial charge in [-0.2, -0.15) is 5.26 Å². The number of nitrogens with zero attached hydrogens (tertiary/aromatic N) is 2. The van der Waals surface area contributed by atoms with Crippen molar-refractivity contribution in [2.24, 2.45) is 11.3 Å². The van der Waals surface area contributed by atoms with Crippen molar-refractivity contribution in [2.45, 2.75) is 33.2 Å². The van der Waals surface area contributed by atoms with Crippen molar-refractivity contribution in [3.63, 3.8) is 0 Å². The topological polar surface area (TPSA) is 64.3 Å². The molecule has 4 heteroatoms. The maximum atomic E-state index is 10.9. The predicted molar refractivity (Wildman–Crippen MR) is 51.7 cm³/mol. The Morgan fingerprint density at radius 2 is 2.14 bits per heavy atom. The molecule has 0 radical (unpaired) electrons. The molecular weight excluding hydrogens is 180 g/mol. The molecule has 1 aliphatic rings. The first-order valence-electron chi connectivity index (χ1n) is 4.77. The summed E-state index contributed by atoms with van der Waals surface area (Å²) in [6.45, 7) is 6.41. The number of nitriles is 1. The average Bonchev–Trinajstić information content (AvgIpc) is 2.45. The van der Waals surface area contributed by atoms with Gasteiger partial charge in [0.05, 0.1) is 18.0 Å². The molecule has 0 aromatic rings. The largest absolute Gasteiger partial charge is 0.465 e. The molecule has 78 valence electrons. The van der Waals surface area contributed by atoms with Crippen molar-refractivity contribution in [3.8, 4) is 6.07 Å². The highest BCUT2D eigenvalue weighted by Gasteiger charge is 2.43. The Bertz CT molecular complexity index is 275. The van der Waals surface area contributed by atoms with Crippen molar-refractivity contribution >= 4 is 6.09 Å². The molecule has 1 amide bonds. The van der Waals surface area contributed by atoms with Gasteiger partial charge in [-0.15, -0.1) is 0 Å². The lowest BCUT2D eigenvalue weighted by atomic mass is 9.80. The first-order valence-corrected chi connectivity index (χ1v) is 4.77. The zero-order valence-electron chi connectivity index (χ0n) is 8.82. The smallest absolute Gasteiger partial charge is 0.407 e. The highest BCUT2D eigenvalue weighted by molar-refractivity contribution is 5.66. The van der Waals surface area contributed by atoms with Gasteiger partial charge in [0, 0.05) is 6.54 Å². The fourth-order valence-corrected chi connectivity index (χ4v) is 2.21. The molecule has 1 heterocycles. The molecule has 4 nitrogen and oxygen atoms in total. The molecule has 14 heavy (non-hydrogen) atoms. The Labute approximate surface area is 84.1 Å². The molecule has 0 bridgehead atoms. The third-order valence-corrected chi connectivity index (χ3v) is 2.70. The zero-order chi connectivity index (χ0) is 10.9. The predicted octanol–water partition coefficient (Wildman–Crippen LogP) is 1.92. The van der Waals surface area contributed by atoms with Crippen LogP contribution in [0.2, 0.25) is 0 Å². The maximum Gasteiger partial charge on any atom is 0.407 e. The molecule has 1 rings (SSSR count). The number of carboxylic acid groups (broad SMARTS) is 1. The number of amides is 1. The van der Waals surface area contributed by atoms with E-state index in [-0.39, 0.29) is 17.4 Å². The van der Waals surface area contributed by atoms with Crippen LogP contribution in [0.1, 0.15) is 27.2 Å². The summed E-state index contributed by atoms with van der Waals surface area (Å²) < 4.78 is 0. The van der Waals surface area contributed by atoms with Crippen LogP contribution in [0, 0.1) is 22.7 Å². The first kappa shape index (κ1) is 10.8. The Balaban J connectivity index is 2.93. The molecule has 0 saturated carbocycles. The van der Waals surface area contributed by atoms with E-state index in [1.165, 1.54) is 4.90 Å². The first-order chi connectivity index (χ1) is 6.38. The minimum Gasteiger partial charge on any atom is -0.465 e. The number of likely N-dealkylation sites (tertiary alicyclic amines) is 1. The van der Waals surface area contributed by atoms with E-state index in [0.717, 1.165) is 0 Å². The van der Waals surface area contributed by atoms with Crippen molar-refractivity contribution in [3.05, 3.63) is 0 Å². The molecular formula is C10H16N2O2. The normalized spacial score (nSPS) is 27.4. The standard InChI is InChI=1S/C10H16N2O2/c1-10(2,3)8-7(6-11)4-5-12(8)9(13)14/h7-8H,4-5H2,1-3H3,(H,13,14). The van der Waals surface area contributed by atoms with Crippen LogP contribution in [0.5, 0.6) is 0 Å². The quantitative estimate of drug-likeness (QED) is 0.643. The SMILES string of the molecule is CC(C)(C)C1C(C#N)CCN1C(=O)O. The van der Waals surface area contributed by atoms with E-state index in [0.29, 0.717) is 13.0 Å². The summed E-state index contributed by atoms with van der Waals surface area (Å²) in [6.07, 6.45) is -0.257. The minimum atomic E-state index is -0.914. The zero-order valence-corrected chi connectivity index (χ0v) is 8.82. The van der Waals surface area contributed by atoms with E-state index in [2.05, 4.69) is 6.07 Å². The van der Waals surface area contributed by atoms with Gasteiger partial charge < -0.3 is 10.0 Å². The van der Waals surface area contributed by atoms with Crippen LogP contribution in [0.15, 0.2) is 0 Å². The number of hydrogen-bond acceptors (Lipinski definition) is 2. The van der Waals surface area contributed by atoms with Crippen LogP contribution in [0.25, 0.3) is 0 Å².